The number of aromatic nitrogens is 1. The number of aliphatic hydroxyl groups is 1. The highest BCUT2D eigenvalue weighted by Crippen LogP contribution is 2.28. The number of nitrogens with one attached hydrogen (secondary N) is 1. The van der Waals surface area contributed by atoms with Gasteiger partial charge in [-0.15, -0.1) is 0 Å². The summed E-state index contributed by atoms with van der Waals surface area (Å²) in [5, 5.41) is 13.5. The van der Waals surface area contributed by atoms with Crippen LogP contribution in [0.2, 0.25) is 0 Å². The van der Waals surface area contributed by atoms with Crippen molar-refractivity contribution < 1.29 is 9.90 Å². The van der Waals surface area contributed by atoms with E-state index in [4.69, 9.17) is 0 Å². The average Bonchev–Trinajstić information content (AvgIpc) is 2.63. The van der Waals surface area contributed by atoms with Crippen molar-refractivity contribution in [3.63, 3.8) is 0 Å². The molecule has 1 fully saturated rings. The molecule has 126 valence electrons. The van der Waals surface area contributed by atoms with Gasteiger partial charge in [0.15, 0.2) is 0 Å². The summed E-state index contributed by atoms with van der Waals surface area (Å²) in [5.41, 5.74) is 2.04. The van der Waals surface area contributed by atoms with Gasteiger partial charge < -0.3 is 10.4 Å². The molecule has 0 spiro atoms. The number of rotatable bonds is 4. The molecule has 1 aliphatic rings. The Labute approximate surface area is 146 Å². The van der Waals surface area contributed by atoms with E-state index in [9.17, 15) is 9.90 Å². The van der Waals surface area contributed by atoms with Gasteiger partial charge in [0, 0.05) is 12.4 Å². The van der Waals surface area contributed by atoms with Crippen LogP contribution in [0.5, 0.6) is 0 Å². The van der Waals surface area contributed by atoms with Crippen LogP contribution in [0.1, 0.15) is 31.4 Å². The highest BCUT2D eigenvalue weighted by Gasteiger charge is 2.37. The van der Waals surface area contributed by atoms with Crippen molar-refractivity contribution in [2.24, 2.45) is 0 Å². The molecule has 0 radical (unpaired) electrons. The van der Waals surface area contributed by atoms with Crippen LogP contribution in [0.4, 0.5) is 0 Å². The summed E-state index contributed by atoms with van der Waals surface area (Å²) in [4.78, 5) is 16.4. The Morgan fingerprint density at radius 3 is 2.33 bits per heavy atom. The van der Waals surface area contributed by atoms with E-state index in [1.54, 1.807) is 24.2 Å². The van der Waals surface area contributed by atoms with Crippen LogP contribution >= 0.6 is 11.8 Å². The molecule has 4 nitrogen and oxygen atoms in total. The molecule has 0 aliphatic carbocycles. The number of hydrogen-bond donors (Lipinski definition) is 2. The molecule has 2 aromatic rings. The fourth-order valence-corrected chi connectivity index (χ4v) is 4.03. The molecule has 1 atom stereocenters. The zero-order chi connectivity index (χ0) is 17.0. The normalized spacial score (nSPS) is 17.9. The molecule has 0 saturated carbocycles. The molecular formula is C19H22N2O2S. The Kier molecular flexibility index (Phi) is 5.21. The molecule has 2 N–H and O–H groups in total. The van der Waals surface area contributed by atoms with E-state index in [1.165, 1.54) is 0 Å². The summed E-state index contributed by atoms with van der Waals surface area (Å²) in [6.45, 7) is 1.94. The van der Waals surface area contributed by atoms with Crippen molar-refractivity contribution in [1.29, 1.82) is 0 Å². The largest absolute Gasteiger partial charge is 0.380 e. The first-order valence-electron chi connectivity index (χ1n) is 8.20. The topological polar surface area (TPSA) is 62.2 Å². The fraction of sp³-hybridized carbons (Fsp3) is 0.368. The number of hydrogen-bond acceptors (Lipinski definition) is 4. The third kappa shape index (κ3) is 3.79. The summed E-state index contributed by atoms with van der Waals surface area (Å²) < 4.78 is 0. The Hall–Kier alpha value is -1.85. The highest BCUT2D eigenvalue weighted by atomic mass is 32.2. The van der Waals surface area contributed by atoms with Crippen LogP contribution < -0.4 is 5.32 Å². The zero-order valence-corrected chi connectivity index (χ0v) is 14.6. The maximum Gasteiger partial charge on any atom is 0.252 e. The molecule has 2 heterocycles. The number of nitrogens with zero attached hydrogens (tertiary/aromatic N) is 1. The smallest absolute Gasteiger partial charge is 0.252 e. The second-order valence-corrected chi connectivity index (χ2v) is 7.42. The minimum atomic E-state index is -1.21. The van der Waals surface area contributed by atoms with E-state index < -0.39 is 5.60 Å². The van der Waals surface area contributed by atoms with Gasteiger partial charge in [-0.3, -0.25) is 9.78 Å². The first-order chi connectivity index (χ1) is 11.6. The second-order valence-electron chi connectivity index (χ2n) is 6.20. The fourth-order valence-electron chi connectivity index (χ4n) is 2.86. The Balaban J connectivity index is 1.67. The van der Waals surface area contributed by atoms with Crippen LogP contribution in [0, 0.1) is 0 Å². The van der Waals surface area contributed by atoms with E-state index in [2.05, 4.69) is 10.3 Å². The van der Waals surface area contributed by atoms with E-state index in [-0.39, 0.29) is 11.9 Å². The van der Waals surface area contributed by atoms with Crippen molar-refractivity contribution in [3.05, 3.63) is 54.4 Å². The van der Waals surface area contributed by atoms with Gasteiger partial charge in [-0.1, -0.05) is 24.3 Å². The lowest BCUT2D eigenvalue weighted by molar-refractivity contribution is -0.141. The Morgan fingerprint density at radius 2 is 1.71 bits per heavy atom. The number of thioether (sulfide) groups is 1. The van der Waals surface area contributed by atoms with E-state index in [0.29, 0.717) is 12.8 Å². The Morgan fingerprint density at radius 1 is 1.12 bits per heavy atom. The minimum absolute atomic E-state index is 0.136. The van der Waals surface area contributed by atoms with E-state index in [0.717, 1.165) is 28.2 Å². The predicted molar refractivity (Wildman–Crippen MR) is 97.7 cm³/mol. The van der Waals surface area contributed by atoms with Crippen LogP contribution in [-0.2, 0) is 4.79 Å². The van der Waals surface area contributed by atoms with Crippen molar-refractivity contribution >= 4 is 17.7 Å². The summed E-state index contributed by atoms with van der Waals surface area (Å²) in [6.07, 6.45) is 4.60. The van der Waals surface area contributed by atoms with Gasteiger partial charge in [-0.2, -0.15) is 11.8 Å². The summed E-state index contributed by atoms with van der Waals surface area (Å²) in [6, 6.07) is 11.9. The lowest BCUT2D eigenvalue weighted by Gasteiger charge is -2.31. The maximum absolute atomic E-state index is 12.4. The molecule has 5 heteroatoms. The van der Waals surface area contributed by atoms with Gasteiger partial charge in [0.05, 0.1) is 6.04 Å². The molecule has 1 unspecified atom stereocenters. The standard InChI is InChI=1S/C19H22N2O2S/c1-14(21-18(22)19(23)8-12-24-13-9-19)15-2-4-16(5-3-15)17-6-10-20-11-7-17/h2-7,10-11,14,23H,8-9,12-13H2,1H3,(H,21,22). The summed E-state index contributed by atoms with van der Waals surface area (Å²) in [5.74, 6) is 1.41. The lowest BCUT2D eigenvalue weighted by Crippen LogP contribution is -2.49. The van der Waals surface area contributed by atoms with Crippen LogP contribution in [0.15, 0.2) is 48.8 Å². The highest BCUT2D eigenvalue weighted by molar-refractivity contribution is 7.99. The predicted octanol–water partition coefficient (Wildman–Crippen LogP) is 3.18. The molecule has 1 aliphatic heterocycles. The third-order valence-corrected chi connectivity index (χ3v) is 5.50. The molecule has 0 bridgehead atoms. The van der Waals surface area contributed by atoms with Gasteiger partial charge in [0.2, 0.25) is 0 Å². The SMILES string of the molecule is CC(NC(=O)C1(O)CCSCC1)c1ccc(-c2ccncc2)cc1. The van der Waals surface area contributed by atoms with Gasteiger partial charge in [-0.25, -0.2) is 0 Å². The van der Waals surface area contributed by atoms with Crippen molar-refractivity contribution in [2.45, 2.75) is 31.4 Å². The van der Waals surface area contributed by atoms with Gasteiger partial charge in [0.1, 0.15) is 5.60 Å². The number of benzene rings is 1. The number of amides is 1. The first kappa shape index (κ1) is 17.0. The molecule has 3 rings (SSSR count). The van der Waals surface area contributed by atoms with Crippen LogP contribution in [0.3, 0.4) is 0 Å². The van der Waals surface area contributed by atoms with Crippen LogP contribution in [0.25, 0.3) is 11.1 Å². The van der Waals surface area contributed by atoms with Crippen molar-refractivity contribution in [2.75, 3.05) is 11.5 Å². The van der Waals surface area contributed by atoms with Crippen LogP contribution in [-0.4, -0.2) is 33.1 Å². The molecule has 1 aromatic carbocycles. The number of carbonyl (C=O) groups excluding carboxylic acids is 1. The summed E-state index contributed by atoms with van der Waals surface area (Å²) >= 11 is 1.78. The molecule has 1 aromatic heterocycles. The molecule has 1 saturated heterocycles. The monoisotopic (exact) mass is 342 g/mol. The van der Waals surface area contributed by atoms with Gasteiger partial charge in [0.25, 0.3) is 5.91 Å². The second kappa shape index (κ2) is 7.36. The maximum atomic E-state index is 12.4. The molecular weight excluding hydrogens is 320 g/mol. The molecule has 24 heavy (non-hydrogen) atoms. The third-order valence-electron chi connectivity index (χ3n) is 4.51. The summed E-state index contributed by atoms with van der Waals surface area (Å²) in [7, 11) is 0. The zero-order valence-electron chi connectivity index (χ0n) is 13.7. The minimum Gasteiger partial charge on any atom is -0.380 e. The number of carbonyl (C=O) groups is 1. The van der Waals surface area contributed by atoms with E-state index >= 15 is 0 Å². The first-order valence-corrected chi connectivity index (χ1v) is 9.35. The van der Waals surface area contributed by atoms with Crippen molar-refractivity contribution in [3.8, 4) is 11.1 Å². The quantitative estimate of drug-likeness (QED) is 0.896. The number of pyridine rings is 1. The Bertz CT molecular complexity index is 682. The average molecular weight is 342 g/mol. The van der Waals surface area contributed by atoms with E-state index in [1.807, 2.05) is 43.3 Å². The lowest BCUT2D eigenvalue weighted by atomic mass is 9.94. The van der Waals surface area contributed by atoms with Gasteiger partial charge in [-0.05, 0) is 60.1 Å². The van der Waals surface area contributed by atoms with Gasteiger partial charge >= 0.3 is 0 Å². The van der Waals surface area contributed by atoms with Crippen molar-refractivity contribution in [1.82, 2.24) is 10.3 Å². The molecule has 1 amide bonds.